The van der Waals surface area contributed by atoms with Crippen LogP contribution in [0.5, 0.6) is 0 Å². The van der Waals surface area contributed by atoms with E-state index in [1.807, 2.05) is 30.5 Å². The number of fused-ring (bicyclic) bond motifs is 1. The molecule has 0 saturated carbocycles. The number of aromatic nitrogens is 2. The molecule has 0 aliphatic rings. The molecule has 0 spiro atoms. The molecule has 0 fully saturated rings. The highest BCUT2D eigenvalue weighted by Crippen LogP contribution is 2.27. The summed E-state index contributed by atoms with van der Waals surface area (Å²) in [6, 6.07) is 3.87. The van der Waals surface area contributed by atoms with Crippen molar-refractivity contribution in [3.05, 3.63) is 29.2 Å². The van der Waals surface area contributed by atoms with Gasteiger partial charge in [0, 0.05) is 17.6 Å². The fourth-order valence-electron chi connectivity index (χ4n) is 1.80. The van der Waals surface area contributed by atoms with Gasteiger partial charge in [-0.2, -0.15) is 0 Å². The molecule has 0 radical (unpaired) electrons. The Balaban J connectivity index is 2.88. The van der Waals surface area contributed by atoms with Gasteiger partial charge in [-0.15, -0.1) is 0 Å². The SMILES string of the molecule is CC(C)n1c(C=O)cc2ccnc(Cl)c21. The zero-order valence-corrected chi connectivity index (χ0v) is 9.32. The Bertz CT molecular complexity index is 517. The zero-order chi connectivity index (χ0) is 11.0. The molecule has 0 aliphatic carbocycles. The van der Waals surface area contributed by atoms with E-state index in [9.17, 15) is 4.79 Å². The molecule has 3 nitrogen and oxygen atoms in total. The molecule has 0 aromatic carbocycles. The number of hydrogen-bond acceptors (Lipinski definition) is 2. The molecule has 15 heavy (non-hydrogen) atoms. The van der Waals surface area contributed by atoms with Crippen LogP contribution in [-0.4, -0.2) is 15.8 Å². The van der Waals surface area contributed by atoms with E-state index in [0.29, 0.717) is 10.8 Å². The highest BCUT2D eigenvalue weighted by atomic mass is 35.5. The van der Waals surface area contributed by atoms with Crippen LogP contribution < -0.4 is 0 Å². The van der Waals surface area contributed by atoms with Crippen molar-refractivity contribution in [2.75, 3.05) is 0 Å². The second-order valence-electron chi connectivity index (χ2n) is 3.69. The van der Waals surface area contributed by atoms with Crippen LogP contribution in [0.15, 0.2) is 18.3 Å². The summed E-state index contributed by atoms with van der Waals surface area (Å²) in [5.74, 6) is 0. The molecule has 2 aromatic rings. The minimum atomic E-state index is 0.185. The van der Waals surface area contributed by atoms with E-state index in [1.165, 1.54) is 0 Å². The van der Waals surface area contributed by atoms with Crippen molar-refractivity contribution >= 4 is 28.8 Å². The quantitative estimate of drug-likeness (QED) is 0.578. The van der Waals surface area contributed by atoms with E-state index >= 15 is 0 Å². The van der Waals surface area contributed by atoms with Crippen molar-refractivity contribution in [3.63, 3.8) is 0 Å². The monoisotopic (exact) mass is 222 g/mol. The first-order valence-corrected chi connectivity index (χ1v) is 5.13. The van der Waals surface area contributed by atoms with Crippen molar-refractivity contribution in [1.82, 2.24) is 9.55 Å². The van der Waals surface area contributed by atoms with Crippen LogP contribution in [0.1, 0.15) is 30.4 Å². The summed E-state index contributed by atoms with van der Waals surface area (Å²) in [6.07, 6.45) is 2.49. The summed E-state index contributed by atoms with van der Waals surface area (Å²) >= 11 is 6.03. The Kier molecular flexibility index (Phi) is 2.49. The Morgan fingerprint density at radius 1 is 1.53 bits per heavy atom. The van der Waals surface area contributed by atoms with Crippen molar-refractivity contribution in [1.29, 1.82) is 0 Å². The van der Waals surface area contributed by atoms with Crippen LogP contribution in [0.2, 0.25) is 5.15 Å². The summed E-state index contributed by atoms with van der Waals surface area (Å²) in [5.41, 5.74) is 1.46. The first-order chi connectivity index (χ1) is 7.15. The lowest BCUT2D eigenvalue weighted by molar-refractivity contribution is 0.111. The number of aldehydes is 1. The maximum atomic E-state index is 10.9. The smallest absolute Gasteiger partial charge is 0.166 e. The summed E-state index contributed by atoms with van der Waals surface area (Å²) in [6.45, 7) is 4.02. The Hall–Kier alpha value is -1.35. The lowest BCUT2D eigenvalue weighted by Crippen LogP contribution is -2.04. The van der Waals surface area contributed by atoms with Gasteiger partial charge in [0.25, 0.3) is 0 Å². The Morgan fingerprint density at radius 3 is 2.87 bits per heavy atom. The van der Waals surface area contributed by atoms with Crippen LogP contribution in [0, 0.1) is 0 Å². The number of halogens is 1. The number of rotatable bonds is 2. The van der Waals surface area contributed by atoms with E-state index in [1.54, 1.807) is 6.20 Å². The number of carbonyl (C=O) groups excluding carboxylic acids is 1. The van der Waals surface area contributed by atoms with Crippen LogP contribution in [0.3, 0.4) is 0 Å². The van der Waals surface area contributed by atoms with Gasteiger partial charge in [-0.05, 0) is 26.0 Å². The topological polar surface area (TPSA) is 34.9 Å². The highest BCUT2D eigenvalue weighted by Gasteiger charge is 2.13. The second-order valence-corrected chi connectivity index (χ2v) is 4.05. The molecule has 0 saturated heterocycles. The highest BCUT2D eigenvalue weighted by molar-refractivity contribution is 6.34. The van der Waals surface area contributed by atoms with Gasteiger partial charge in [-0.3, -0.25) is 4.79 Å². The van der Waals surface area contributed by atoms with E-state index < -0.39 is 0 Å². The average molecular weight is 223 g/mol. The fraction of sp³-hybridized carbons (Fsp3) is 0.273. The van der Waals surface area contributed by atoms with Crippen molar-refractivity contribution in [3.8, 4) is 0 Å². The average Bonchev–Trinajstić information content (AvgIpc) is 2.57. The molecule has 0 atom stereocenters. The van der Waals surface area contributed by atoms with Crippen molar-refractivity contribution in [2.45, 2.75) is 19.9 Å². The maximum absolute atomic E-state index is 10.9. The van der Waals surface area contributed by atoms with Crippen molar-refractivity contribution < 1.29 is 4.79 Å². The molecule has 2 rings (SSSR count). The molecule has 78 valence electrons. The third kappa shape index (κ3) is 1.53. The van der Waals surface area contributed by atoms with E-state index in [2.05, 4.69) is 4.98 Å². The van der Waals surface area contributed by atoms with Gasteiger partial charge in [0.1, 0.15) is 0 Å². The normalized spacial score (nSPS) is 11.2. The summed E-state index contributed by atoms with van der Waals surface area (Å²) in [5, 5.41) is 1.39. The summed E-state index contributed by atoms with van der Waals surface area (Å²) in [7, 11) is 0. The molecule has 0 unspecified atom stereocenters. The van der Waals surface area contributed by atoms with Crippen LogP contribution in [0.25, 0.3) is 10.9 Å². The third-order valence-corrected chi connectivity index (χ3v) is 2.65. The van der Waals surface area contributed by atoms with Crippen LogP contribution in [-0.2, 0) is 0 Å². The predicted molar refractivity (Wildman–Crippen MR) is 60.5 cm³/mol. The lowest BCUT2D eigenvalue weighted by atomic mass is 10.3. The predicted octanol–water partition coefficient (Wildman–Crippen LogP) is 3.08. The first-order valence-electron chi connectivity index (χ1n) is 4.75. The van der Waals surface area contributed by atoms with Gasteiger partial charge in [0.15, 0.2) is 11.4 Å². The molecule has 2 heterocycles. The first kappa shape index (κ1) is 10.2. The molecule has 0 amide bonds. The molecule has 0 aliphatic heterocycles. The fourth-order valence-corrected chi connectivity index (χ4v) is 2.06. The lowest BCUT2D eigenvalue weighted by Gasteiger charge is -2.11. The van der Waals surface area contributed by atoms with Gasteiger partial charge in [0.2, 0.25) is 0 Å². The second kappa shape index (κ2) is 3.66. The minimum absolute atomic E-state index is 0.185. The molecular weight excluding hydrogens is 212 g/mol. The summed E-state index contributed by atoms with van der Waals surface area (Å²) < 4.78 is 1.90. The molecule has 2 aromatic heterocycles. The summed E-state index contributed by atoms with van der Waals surface area (Å²) in [4.78, 5) is 15.0. The number of hydrogen-bond donors (Lipinski definition) is 0. The number of pyridine rings is 1. The Labute approximate surface area is 92.7 Å². The van der Waals surface area contributed by atoms with Gasteiger partial charge in [-0.1, -0.05) is 11.6 Å². The van der Waals surface area contributed by atoms with Gasteiger partial charge < -0.3 is 4.57 Å². The van der Waals surface area contributed by atoms with Gasteiger partial charge >= 0.3 is 0 Å². The number of carbonyl (C=O) groups is 1. The van der Waals surface area contributed by atoms with E-state index in [-0.39, 0.29) is 6.04 Å². The molecule has 0 N–H and O–H groups in total. The standard InChI is InChI=1S/C11H11ClN2O/c1-7(2)14-9(6-15)5-8-3-4-13-11(12)10(8)14/h3-7H,1-2H3. The van der Waals surface area contributed by atoms with E-state index in [0.717, 1.165) is 17.2 Å². The van der Waals surface area contributed by atoms with Gasteiger partial charge in [0.05, 0.1) is 11.2 Å². The van der Waals surface area contributed by atoms with Gasteiger partial charge in [-0.25, -0.2) is 4.98 Å². The largest absolute Gasteiger partial charge is 0.333 e. The number of nitrogens with zero attached hydrogens (tertiary/aromatic N) is 2. The Morgan fingerprint density at radius 2 is 2.27 bits per heavy atom. The molecule has 4 heteroatoms. The van der Waals surface area contributed by atoms with Crippen LogP contribution >= 0.6 is 11.6 Å². The van der Waals surface area contributed by atoms with E-state index in [4.69, 9.17) is 11.6 Å². The molecular formula is C11H11ClN2O. The maximum Gasteiger partial charge on any atom is 0.166 e. The minimum Gasteiger partial charge on any atom is -0.333 e. The molecule has 0 bridgehead atoms. The van der Waals surface area contributed by atoms with Crippen LogP contribution in [0.4, 0.5) is 0 Å². The van der Waals surface area contributed by atoms with Crippen molar-refractivity contribution in [2.24, 2.45) is 0 Å². The zero-order valence-electron chi connectivity index (χ0n) is 8.57. The third-order valence-electron chi connectivity index (χ3n) is 2.37.